The number of aromatic nitrogens is 2. The maximum atomic E-state index is 16.0. The van der Waals surface area contributed by atoms with Gasteiger partial charge < -0.3 is 5.32 Å². The number of ketones is 1. The molecule has 0 radical (unpaired) electrons. The fraction of sp³-hybridized carbons (Fsp3) is 0.167. The topological polar surface area (TPSA) is 46.9 Å². The number of fused-ring (bicyclic) bond motifs is 5. The Morgan fingerprint density at radius 1 is 0.743 bits per heavy atom. The van der Waals surface area contributed by atoms with Gasteiger partial charge in [-0.2, -0.15) is 30.7 Å². The number of para-hydroxylation sites is 3. The average molecular weight is 493 g/mol. The molecule has 0 saturated carbocycles. The van der Waals surface area contributed by atoms with Crippen LogP contribution in [0.15, 0.2) is 78.9 Å². The quantitative estimate of drug-likeness (QED) is 0.331. The van der Waals surface area contributed by atoms with E-state index in [1.54, 1.807) is 0 Å². The standard InChI is InChI=1S/C24H14F7N3O/c25-22(26,23(27,28)24(29,30)31)21(33-14-8-2-1-3-9-14)19(35)15-10-4-5-11-16(15)20-32-17-12-6-7-13-18(17)34(20)21/h1-13,33H. The van der Waals surface area contributed by atoms with Crippen molar-refractivity contribution in [3.05, 3.63) is 84.4 Å². The van der Waals surface area contributed by atoms with Crippen LogP contribution < -0.4 is 5.32 Å². The molecule has 11 heteroatoms. The van der Waals surface area contributed by atoms with Gasteiger partial charge in [-0.05, 0) is 24.3 Å². The summed E-state index contributed by atoms with van der Waals surface area (Å²) in [5.74, 6) is -14.6. The predicted octanol–water partition coefficient (Wildman–Crippen LogP) is 6.50. The van der Waals surface area contributed by atoms with Crippen molar-refractivity contribution in [3.8, 4) is 11.4 Å². The molecule has 4 nitrogen and oxygen atoms in total. The van der Waals surface area contributed by atoms with E-state index in [0.29, 0.717) is 4.57 Å². The molecule has 0 amide bonds. The smallest absolute Gasteiger partial charge is 0.351 e. The van der Waals surface area contributed by atoms with Gasteiger partial charge in [0.25, 0.3) is 5.66 Å². The number of rotatable bonds is 4. The lowest BCUT2D eigenvalue weighted by atomic mass is 9.81. The lowest BCUT2D eigenvalue weighted by Gasteiger charge is -2.46. The number of carbonyl (C=O) groups excluding carboxylic acids is 1. The van der Waals surface area contributed by atoms with E-state index < -0.39 is 35.0 Å². The van der Waals surface area contributed by atoms with Crippen LogP contribution >= 0.6 is 0 Å². The number of nitrogens with zero attached hydrogens (tertiary/aromatic N) is 2. The van der Waals surface area contributed by atoms with E-state index >= 15 is 8.78 Å². The van der Waals surface area contributed by atoms with Crippen molar-refractivity contribution in [1.29, 1.82) is 0 Å². The SMILES string of the molecule is O=C1c2ccccc2-c2nc3ccccc3n2C1(Nc1ccccc1)C(F)(F)C(F)(F)C(F)(F)F. The van der Waals surface area contributed by atoms with Crippen LogP contribution in [-0.4, -0.2) is 33.4 Å². The van der Waals surface area contributed by atoms with E-state index in [-0.39, 0.29) is 28.1 Å². The summed E-state index contributed by atoms with van der Waals surface area (Å²) in [4.78, 5) is 18.0. The van der Waals surface area contributed by atoms with Crippen LogP contribution in [0, 0.1) is 0 Å². The van der Waals surface area contributed by atoms with Crippen LogP contribution in [0.3, 0.4) is 0 Å². The van der Waals surface area contributed by atoms with E-state index in [9.17, 15) is 26.7 Å². The van der Waals surface area contributed by atoms with Crippen LogP contribution in [0.5, 0.6) is 0 Å². The molecule has 180 valence electrons. The Bertz CT molecular complexity index is 1450. The summed E-state index contributed by atoms with van der Waals surface area (Å²) in [6.07, 6.45) is -6.67. The monoisotopic (exact) mass is 493 g/mol. The molecule has 4 aromatic rings. The van der Waals surface area contributed by atoms with Gasteiger partial charge in [0, 0.05) is 16.8 Å². The third-order valence-electron chi connectivity index (χ3n) is 5.94. The maximum absolute atomic E-state index is 16.0. The van der Waals surface area contributed by atoms with Gasteiger partial charge in [0.05, 0.1) is 11.0 Å². The molecule has 1 unspecified atom stereocenters. The van der Waals surface area contributed by atoms with Gasteiger partial charge in [0.2, 0.25) is 5.78 Å². The molecule has 1 aromatic heterocycles. The number of alkyl halides is 7. The highest BCUT2D eigenvalue weighted by Crippen LogP contribution is 2.57. The number of anilines is 1. The van der Waals surface area contributed by atoms with E-state index in [1.165, 1.54) is 72.8 Å². The molecular formula is C24H14F7N3O. The Labute approximate surface area is 193 Å². The highest BCUT2D eigenvalue weighted by atomic mass is 19.4. The normalized spacial score (nSPS) is 18.3. The van der Waals surface area contributed by atoms with Crippen molar-refractivity contribution >= 4 is 22.5 Å². The van der Waals surface area contributed by atoms with Crippen LogP contribution in [0.4, 0.5) is 36.4 Å². The summed E-state index contributed by atoms with van der Waals surface area (Å²) < 4.78 is 102. The van der Waals surface area contributed by atoms with Gasteiger partial charge in [-0.3, -0.25) is 9.36 Å². The van der Waals surface area contributed by atoms with Gasteiger partial charge in [0.15, 0.2) is 0 Å². The average Bonchev–Trinajstić information content (AvgIpc) is 3.21. The van der Waals surface area contributed by atoms with Crippen molar-refractivity contribution in [2.45, 2.75) is 23.7 Å². The minimum Gasteiger partial charge on any atom is -0.351 e. The van der Waals surface area contributed by atoms with Gasteiger partial charge >= 0.3 is 18.0 Å². The largest absolute Gasteiger partial charge is 0.460 e. The van der Waals surface area contributed by atoms with Gasteiger partial charge in [-0.1, -0.05) is 54.6 Å². The van der Waals surface area contributed by atoms with Crippen LogP contribution in [-0.2, 0) is 5.66 Å². The molecule has 1 N–H and O–H groups in total. The summed E-state index contributed by atoms with van der Waals surface area (Å²) in [5.41, 5.74) is -4.86. The summed E-state index contributed by atoms with van der Waals surface area (Å²) in [7, 11) is 0. The maximum Gasteiger partial charge on any atom is 0.460 e. The second kappa shape index (κ2) is 7.30. The number of benzene rings is 3. The van der Waals surface area contributed by atoms with Crippen LogP contribution in [0.2, 0.25) is 0 Å². The summed E-state index contributed by atoms with van der Waals surface area (Å²) in [6, 6.07) is 17.2. The van der Waals surface area contributed by atoms with Crippen molar-refractivity contribution in [2.75, 3.05) is 5.32 Å². The Hall–Kier alpha value is -3.89. The lowest BCUT2D eigenvalue weighted by molar-refractivity contribution is -0.368. The summed E-state index contributed by atoms with van der Waals surface area (Å²) in [6.45, 7) is 0. The molecule has 0 saturated heterocycles. The molecule has 0 fully saturated rings. The van der Waals surface area contributed by atoms with E-state index in [0.717, 1.165) is 6.07 Å². The summed E-state index contributed by atoms with van der Waals surface area (Å²) in [5, 5.41) is 2.08. The minimum absolute atomic E-state index is 0.0188. The van der Waals surface area contributed by atoms with Crippen molar-refractivity contribution in [2.24, 2.45) is 0 Å². The Morgan fingerprint density at radius 2 is 1.31 bits per heavy atom. The Balaban J connectivity index is 1.96. The Morgan fingerprint density at radius 3 is 1.97 bits per heavy atom. The van der Waals surface area contributed by atoms with Crippen molar-refractivity contribution in [1.82, 2.24) is 9.55 Å². The fourth-order valence-electron chi connectivity index (χ4n) is 4.33. The molecular weight excluding hydrogens is 479 g/mol. The number of hydrogen-bond acceptors (Lipinski definition) is 3. The predicted molar refractivity (Wildman–Crippen MR) is 113 cm³/mol. The number of imidazole rings is 1. The molecule has 0 bridgehead atoms. The zero-order valence-corrected chi connectivity index (χ0v) is 17.5. The van der Waals surface area contributed by atoms with Crippen molar-refractivity contribution in [3.63, 3.8) is 0 Å². The minimum atomic E-state index is -6.67. The first kappa shape index (κ1) is 22.9. The lowest BCUT2D eigenvalue weighted by Crippen LogP contribution is -2.71. The number of Topliss-reactive ketones (excluding diaryl/α,β-unsaturated/α-hetero) is 1. The van der Waals surface area contributed by atoms with Crippen molar-refractivity contribution < 1.29 is 35.5 Å². The number of hydrogen-bond donors (Lipinski definition) is 1. The van der Waals surface area contributed by atoms with Crippen LogP contribution in [0.25, 0.3) is 22.4 Å². The molecule has 1 aliphatic heterocycles. The van der Waals surface area contributed by atoms with Gasteiger partial charge in [-0.15, -0.1) is 0 Å². The fourth-order valence-corrected chi connectivity index (χ4v) is 4.33. The zero-order valence-electron chi connectivity index (χ0n) is 17.5. The highest BCUT2D eigenvalue weighted by molar-refractivity contribution is 6.12. The Kier molecular flexibility index (Phi) is 4.77. The van der Waals surface area contributed by atoms with Gasteiger partial charge in [-0.25, -0.2) is 4.98 Å². The van der Waals surface area contributed by atoms with E-state index in [1.807, 2.05) is 0 Å². The molecule has 3 aromatic carbocycles. The second-order valence-electron chi connectivity index (χ2n) is 7.98. The van der Waals surface area contributed by atoms with Crippen LogP contribution in [0.1, 0.15) is 10.4 Å². The number of nitrogens with one attached hydrogen (secondary N) is 1. The first-order chi connectivity index (χ1) is 16.4. The van der Waals surface area contributed by atoms with Gasteiger partial charge in [0.1, 0.15) is 5.82 Å². The molecule has 1 aliphatic rings. The number of halogens is 7. The molecule has 0 spiro atoms. The molecule has 2 heterocycles. The number of carbonyl (C=O) groups is 1. The third kappa shape index (κ3) is 2.93. The second-order valence-corrected chi connectivity index (χ2v) is 7.98. The molecule has 0 aliphatic carbocycles. The summed E-state index contributed by atoms with van der Waals surface area (Å²) >= 11 is 0. The molecule has 35 heavy (non-hydrogen) atoms. The zero-order chi connectivity index (χ0) is 25.2. The van der Waals surface area contributed by atoms with E-state index in [4.69, 9.17) is 0 Å². The first-order valence-corrected chi connectivity index (χ1v) is 10.2. The van der Waals surface area contributed by atoms with E-state index in [2.05, 4.69) is 10.3 Å². The first-order valence-electron chi connectivity index (χ1n) is 10.2. The molecule has 5 rings (SSSR count). The third-order valence-corrected chi connectivity index (χ3v) is 5.94. The highest BCUT2D eigenvalue weighted by Gasteiger charge is 2.83. The molecule has 1 atom stereocenters.